The van der Waals surface area contributed by atoms with Crippen LogP contribution in [0, 0.1) is 0 Å². The van der Waals surface area contributed by atoms with Crippen molar-refractivity contribution in [1.82, 2.24) is 10.2 Å². The van der Waals surface area contributed by atoms with Crippen LogP contribution >= 0.6 is 0 Å². The SMILES string of the molecule is CC/C=C\CC(F)NC(=O)[C@@H]1C[C@@H](F)CN1C(=O)OCC. The molecule has 0 aromatic rings. The zero-order valence-electron chi connectivity index (χ0n) is 12.4. The van der Waals surface area contributed by atoms with Gasteiger partial charge in [-0.25, -0.2) is 13.6 Å². The summed E-state index contributed by atoms with van der Waals surface area (Å²) in [6.45, 7) is 3.46. The Morgan fingerprint density at radius 1 is 1.43 bits per heavy atom. The van der Waals surface area contributed by atoms with Gasteiger partial charge in [0.2, 0.25) is 5.91 Å². The van der Waals surface area contributed by atoms with Crippen molar-refractivity contribution in [3.63, 3.8) is 0 Å². The van der Waals surface area contributed by atoms with E-state index in [2.05, 4.69) is 5.32 Å². The molecule has 0 aromatic carbocycles. The molecule has 1 saturated heterocycles. The van der Waals surface area contributed by atoms with Crippen molar-refractivity contribution in [2.24, 2.45) is 0 Å². The molecule has 120 valence electrons. The lowest BCUT2D eigenvalue weighted by molar-refractivity contribution is -0.126. The summed E-state index contributed by atoms with van der Waals surface area (Å²) in [6, 6.07) is -1.02. The smallest absolute Gasteiger partial charge is 0.410 e. The number of allylic oxidation sites excluding steroid dienone is 1. The maximum absolute atomic E-state index is 13.6. The lowest BCUT2D eigenvalue weighted by atomic mass is 10.2. The maximum atomic E-state index is 13.6. The summed E-state index contributed by atoms with van der Waals surface area (Å²) in [5, 5.41) is 2.16. The number of likely N-dealkylation sites (tertiary alicyclic amines) is 1. The van der Waals surface area contributed by atoms with E-state index in [9.17, 15) is 18.4 Å². The Labute approximate surface area is 123 Å². The average Bonchev–Trinajstić information content (AvgIpc) is 2.81. The third kappa shape index (κ3) is 5.32. The Balaban J connectivity index is 2.57. The second-order valence-electron chi connectivity index (χ2n) is 4.79. The van der Waals surface area contributed by atoms with E-state index in [1.807, 2.05) is 6.92 Å². The number of nitrogens with zero attached hydrogens (tertiary/aromatic N) is 1. The van der Waals surface area contributed by atoms with E-state index < -0.39 is 30.5 Å². The van der Waals surface area contributed by atoms with Crippen LogP contribution in [-0.2, 0) is 9.53 Å². The van der Waals surface area contributed by atoms with Crippen molar-refractivity contribution in [3.8, 4) is 0 Å². The summed E-state index contributed by atoms with van der Waals surface area (Å²) in [5.41, 5.74) is 0. The molecule has 1 rings (SSSR count). The number of alkyl halides is 2. The van der Waals surface area contributed by atoms with Crippen LogP contribution in [0.3, 0.4) is 0 Å². The van der Waals surface area contributed by atoms with Crippen molar-refractivity contribution >= 4 is 12.0 Å². The third-order valence-electron chi connectivity index (χ3n) is 3.10. The van der Waals surface area contributed by atoms with Gasteiger partial charge in [-0.05, 0) is 13.3 Å². The van der Waals surface area contributed by atoms with E-state index in [1.54, 1.807) is 19.1 Å². The molecule has 0 radical (unpaired) electrons. The summed E-state index contributed by atoms with van der Waals surface area (Å²) in [5.74, 6) is -0.694. The van der Waals surface area contributed by atoms with Crippen molar-refractivity contribution in [2.45, 2.75) is 51.6 Å². The van der Waals surface area contributed by atoms with E-state index in [0.29, 0.717) is 0 Å². The lowest BCUT2D eigenvalue weighted by Crippen LogP contribution is -2.48. The molecule has 0 saturated carbocycles. The molecule has 5 nitrogen and oxygen atoms in total. The molecule has 0 bridgehead atoms. The highest BCUT2D eigenvalue weighted by Gasteiger charge is 2.41. The summed E-state index contributed by atoms with van der Waals surface area (Å²) in [7, 11) is 0. The molecule has 1 aliphatic heterocycles. The molecule has 1 heterocycles. The molecule has 2 amide bonds. The van der Waals surface area contributed by atoms with Gasteiger partial charge in [-0.15, -0.1) is 0 Å². The Hall–Kier alpha value is -1.66. The largest absolute Gasteiger partial charge is 0.450 e. The minimum absolute atomic E-state index is 0.0464. The van der Waals surface area contributed by atoms with Crippen LogP contribution in [0.5, 0.6) is 0 Å². The van der Waals surface area contributed by atoms with Crippen molar-refractivity contribution < 1.29 is 23.1 Å². The van der Waals surface area contributed by atoms with Gasteiger partial charge in [-0.3, -0.25) is 9.69 Å². The van der Waals surface area contributed by atoms with Crippen molar-refractivity contribution in [3.05, 3.63) is 12.2 Å². The van der Waals surface area contributed by atoms with Crippen LogP contribution in [0.4, 0.5) is 13.6 Å². The monoisotopic (exact) mass is 304 g/mol. The Kier molecular flexibility index (Phi) is 7.11. The van der Waals surface area contributed by atoms with Crippen LogP contribution in [-0.4, -0.2) is 48.6 Å². The molecule has 0 aromatic heterocycles. The number of hydrogen-bond acceptors (Lipinski definition) is 3. The molecule has 7 heteroatoms. The Morgan fingerprint density at radius 2 is 2.14 bits per heavy atom. The lowest BCUT2D eigenvalue weighted by Gasteiger charge is -2.23. The van der Waals surface area contributed by atoms with Gasteiger partial charge in [0.15, 0.2) is 6.30 Å². The first-order valence-electron chi connectivity index (χ1n) is 7.16. The minimum atomic E-state index is -1.55. The number of halogens is 2. The number of amides is 2. The van der Waals surface area contributed by atoms with E-state index in [0.717, 1.165) is 11.3 Å². The number of carbonyl (C=O) groups is 2. The normalized spacial score (nSPS) is 23.3. The van der Waals surface area contributed by atoms with Gasteiger partial charge in [0, 0.05) is 12.8 Å². The summed E-state index contributed by atoms with van der Waals surface area (Å²) in [4.78, 5) is 24.6. The third-order valence-corrected chi connectivity index (χ3v) is 3.10. The molecule has 21 heavy (non-hydrogen) atoms. The van der Waals surface area contributed by atoms with Gasteiger partial charge in [-0.2, -0.15) is 0 Å². The summed E-state index contributed by atoms with van der Waals surface area (Å²) in [6.07, 6.45) is 0.499. The van der Waals surface area contributed by atoms with E-state index >= 15 is 0 Å². The number of ether oxygens (including phenoxy) is 1. The second kappa shape index (κ2) is 8.59. The average molecular weight is 304 g/mol. The Morgan fingerprint density at radius 3 is 2.76 bits per heavy atom. The van der Waals surface area contributed by atoms with E-state index in [4.69, 9.17) is 4.74 Å². The molecule has 1 aliphatic rings. The highest BCUT2D eigenvalue weighted by atomic mass is 19.1. The first-order chi connectivity index (χ1) is 9.99. The predicted octanol–water partition coefficient (Wildman–Crippen LogP) is 2.32. The fraction of sp³-hybridized carbons (Fsp3) is 0.714. The van der Waals surface area contributed by atoms with Gasteiger partial charge >= 0.3 is 6.09 Å². The fourth-order valence-electron chi connectivity index (χ4n) is 2.13. The first kappa shape index (κ1) is 17.4. The summed E-state index contributed by atoms with van der Waals surface area (Å²) >= 11 is 0. The highest BCUT2D eigenvalue weighted by molar-refractivity contribution is 5.86. The van der Waals surface area contributed by atoms with Crippen LogP contribution in [0.1, 0.15) is 33.1 Å². The molecule has 0 aliphatic carbocycles. The van der Waals surface area contributed by atoms with E-state index in [-0.39, 0.29) is 26.0 Å². The van der Waals surface area contributed by atoms with Gasteiger partial charge in [-0.1, -0.05) is 19.1 Å². The van der Waals surface area contributed by atoms with Gasteiger partial charge in [0.05, 0.1) is 13.2 Å². The molecule has 1 fully saturated rings. The quantitative estimate of drug-likeness (QED) is 0.605. The number of nitrogens with one attached hydrogen (secondary N) is 1. The molecule has 1 unspecified atom stereocenters. The molecular weight excluding hydrogens is 282 g/mol. The predicted molar refractivity (Wildman–Crippen MR) is 74.1 cm³/mol. The van der Waals surface area contributed by atoms with Crippen LogP contribution < -0.4 is 5.32 Å². The number of rotatable bonds is 6. The van der Waals surface area contributed by atoms with Gasteiger partial charge in [0.25, 0.3) is 0 Å². The fourth-order valence-corrected chi connectivity index (χ4v) is 2.13. The van der Waals surface area contributed by atoms with Crippen molar-refractivity contribution in [1.29, 1.82) is 0 Å². The molecule has 0 spiro atoms. The zero-order valence-corrected chi connectivity index (χ0v) is 12.4. The number of carbonyl (C=O) groups excluding carboxylic acids is 2. The molecule has 3 atom stereocenters. The maximum Gasteiger partial charge on any atom is 0.410 e. The van der Waals surface area contributed by atoms with Crippen LogP contribution in [0.25, 0.3) is 0 Å². The minimum Gasteiger partial charge on any atom is -0.450 e. The highest BCUT2D eigenvalue weighted by Crippen LogP contribution is 2.21. The topological polar surface area (TPSA) is 58.6 Å². The van der Waals surface area contributed by atoms with Crippen LogP contribution in [0.15, 0.2) is 12.2 Å². The standard InChI is InChI=1S/C14H22F2N2O3/c1-3-5-6-7-12(16)17-13(19)11-8-10(15)9-18(11)14(20)21-4-2/h5-6,10-12H,3-4,7-9H2,1-2H3,(H,17,19)/b6-5-/t10-,11+,12?/m1/s1. The second-order valence-corrected chi connectivity index (χ2v) is 4.79. The Bertz CT molecular complexity index is 390. The first-order valence-corrected chi connectivity index (χ1v) is 7.16. The molecular formula is C14H22F2N2O3. The van der Waals surface area contributed by atoms with Gasteiger partial charge < -0.3 is 10.1 Å². The van der Waals surface area contributed by atoms with Crippen molar-refractivity contribution in [2.75, 3.05) is 13.2 Å². The van der Waals surface area contributed by atoms with E-state index in [1.165, 1.54) is 0 Å². The zero-order chi connectivity index (χ0) is 15.8. The van der Waals surface area contributed by atoms with Gasteiger partial charge in [0.1, 0.15) is 12.2 Å². The number of hydrogen-bond donors (Lipinski definition) is 1. The molecule has 1 N–H and O–H groups in total. The van der Waals surface area contributed by atoms with Crippen LogP contribution in [0.2, 0.25) is 0 Å². The summed E-state index contributed by atoms with van der Waals surface area (Å²) < 4.78 is 31.8.